The van der Waals surface area contributed by atoms with E-state index in [2.05, 4.69) is 72.7 Å². The summed E-state index contributed by atoms with van der Waals surface area (Å²) in [6.07, 6.45) is 1.08. The molecule has 4 nitrogen and oxygen atoms in total. The second-order valence-corrected chi connectivity index (χ2v) is 5.43. The molecule has 0 radical (unpaired) electrons. The van der Waals surface area contributed by atoms with Gasteiger partial charge >= 0.3 is 0 Å². The van der Waals surface area contributed by atoms with Crippen LogP contribution >= 0.6 is 24.0 Å². The number of hydrogen-bond acceptors (Lipinski definition) is 2. The standard InChI is InChI=1S/C16H28N4.HI/c1-6-13(2)19-16(17-3)18-11-14-7-9-15(10-8-14)12-20(4)5;/h7-10,13H,6,11-12H2,1-5H3,(H2,17,18,19);1H. The van der Waals surface area contributed by atoms with Crippen LogP contribution in [0.4, 0.5) is 0 Å². The van der Waals surface area contributed by atoms with E-state index in [-0.39, 0.29) is 24.0 Å². The van der Waals surface area contributed by atoms with Gasteiger partial charge in [-0.2, -0.15) is 0 Å². The second-order valence-electron chi connectivity index (χ2n) is 5.43. The maximum atomic E-state index is 4.24. The fourth-order valence-electron chi connectivity index (χ4n) is 1.84. The van der Waals surface area contributed by atoms with Crippen molar-refractivity contribution < 1.29 is 0 Å². The Morgan fingerprint density at radius 1 is 1.19 bits per heavy atom. The lowest BCUT2D eigenvalue weighted by molar-refractivity contribution is 0.402. The molecule has 0 aromatic heterocycles. The van der Waals surface area contributed by atoms with Crippen LogP contribution in [-0.4, -0.2) is 38.0 Å². The van der Waals surface area contributed by atoms with Crippen LogP contribution in [0.3, 0.4) is 0 Å². The summed E-state index contributed by atoms with van der Waals surface area (Å²) in [6, 6.07) is 9.14. The fourth-order valence-corrected chi connectivity index (χ4v) is 1.84. The van der Waals surface area contributed by atoms with Gasteiger partial charge in [-0.05, 0) is 38.6 Å². The Morgan fingerprint density at radius 2 is 1.76 bits per heavy atom. The van der Waals surface area contributed by atoms with Crippen molar-refractivity contribution in [2.75, 3.05) is 21.1 Å². The summed E-state index contributed by atoms with van der Waals surface area (Å²) < 4.78 is 0. The molecular weight excluding hydrogens is 375 g/mol. The van der Waals surface area contributed by atoms with Crippen LogP contribution in [0.2, 0.25) is 0 Å². The van der Waals surface area contributed by atoms with Crippen molar-refractivity contribution in [3.8, 4) is 0 Å². The van der Waals surface area contributed by atoms with Gasteiger partial charge in [-0.15, -0.1) is 24.0 Å². The van der Waals surface area contributed by atoms with Gasteiger partial charge in [0, 0.05) is 26.2 Å². The summed E-state index contributed by atoms with van der Waals surface area (Å²) >= 11 is 0. The first-order chi connectivity index (χ1) is 9.55. The van der Waals surface area contributed by atoms with Crippen LogP contribution in [0.1, 0.15) is 31.4 Å². The zero-order valence-corrected chi connectivity index (χ0v) is 16.1. The minimum Gasteiger partial charge on any atom is -0.354 e. The topological polar surface area (TPSA) is 39.7 Å². The molecule has 0 heterocycles. The monoisotopic (exact) mass is 404 g/mol. The molecule has 0 aliphatic carbocycles. The number of benzene rings is 1. The van der Waals surface area contributed by atoms with Crippen LogP contribution in [0.25, 0.3) is 0 Å². The van der Waals surface area contributed by atoms with Crippen molar-refractivity contribution in [3.63, 3.8) is 0 Å². The van der Waals surface area contributed by atoms with E-state index in [4.69, 9.17) is 0 Å². The van der Waals surface area contributed by atoms with Crippen molar-refractivity contribution in [2.24, 2.45) is 4.99 Å². The molecule has 0 fully saturated rings. The van der Waals surface area contributed by atoms with Crippen molar-refractivity contribution in [3.05, 3.63) is 35.4 Å². The zero-order valence-electron chi connectivity index (χ0n) is 13.8. The Morgan fingerprint density at radius 3 is 2.24 bits per heavy atom. The predicted molar refractivity (Wildman–Crippen MR) is 102 cm³/mol. The van der Waals surface area contributed by atoms with Gasteiger partial charge in [0.1, 0.15) is 0 Å². The van der Waals surface area contributed by atoms with Gasteiger partial charge in [-0.1, -0.05) is 31.2 Å². The molecule has 1 rings (SSSR count). The zero-order chi connectivity index (χ0) is 15.0. The lowest BCUT2D eigenvalue weighted by Crippen LogP contribution is -2.41. The van der Waals surface area contributed by atoms with Gasteiger partial charge in [-0.3, -0.25) is 4.99 Å². The minimum absolute atomic E-state index is 0. The van der Waals surface area contributed by atoms with E-state index in [1.807, 2.05) is 0 Å². The van der Waals surface area contributed by atoms with Crippen molar-refractivity contribution in [1.29, 1.82) is 0 Å². The molecule has 5 heteroatoms. The fraction of sp³-hybridized carbons (Fsp3) is 0.562. The SMILES string of the molecule is CCC(C)NC(=NC)NCc1ccc(CN(C)C)cc1.I. The summed E-state index contributed by atoms with van der Waals surface area (Å²) in [6.45, 7) is 6.08. The Kier molecular flexibility index (Phi) is 10.4. The van der Waals surface area contributed by atoms with Gasteiger partial charge in [-0.25, -0.2) is 0 Å². The molecule has 1 aromatic rings. The third kappa shape index (κ3) is 8.26. The number of guanidine groups is 1. The van der Waals surface area contributed by atoms with Crippen molar-refractivity contribution in [2.45, 2.75) is 39.4 Å². The molecule has 21 heavy (non-hydrogen) atoms. The van der Waals surface area contributed by atoms with E-state index < -0.39 is 0 Å². The van der Waals surface area contributed by atoms with E-state index in [1.54, 1.807) is 7.05 Å². The molecule has 0 aliphatic rings. The Balaban J connectivity index is 0.00000400. The highest BCUT2D eigenvalue weighted by atomic mass is 127. The Labute approximate surface area is 146 Å². The van der Waals surface area contributed by atoms with Crippen LogP contribution in [-0.2, 0) is 13.1 Å². The first kappa shape index (κ1) is 20.2. The highest BCUT2D eigenvalue weighted by Gasteiger charge is 2.02. The number of rotatable bonds is 6. The molecule has 2 N–H and O–H groups in total. The lowest BCUT2D eigenvalue weighted by Gasteiger charge is -2.16. The number of hydrogen-bond donors (Lipinski definition) is 2. The van der Waals surface area contributed by atoms with Crippen LogP contribution in [0, 0.1) is 0 Å². The second kappa shape index (κ2) is 10.8. The lowest BCUT2D eigenvalue weighted by atomic mass is 10.1. The number of nitrogens with zero attached hydrogens (tertiary/aromatic N) is 2. The largest absolute Gasteiger partial charge is 0.354 e. The summed E-state index contributed by atoms with van der Waals surface area (Å²) in [4.78, 5) is 6.41. The maximum Gasteiger partial charge on any atom is 0.191 e. The minimum atomic E-state index is 0. The molecule has 0 bridgehead atoms. The molecule has 1 unspecified atom stereocenters. The van der Waals surface area contributed by atoms with Gasteiger partial charge in [0.25, 0.3) is 0 Å². The smallest absolute Gasteiger partial charge is 0.191 e. The first-order valence-electron chi connectivity index (χ1n) is 7.24. The summed E-state index contributed by atoms with van der Waals surface area (Å²) in [5.74, 6) is 0.858. The first-order valence-corrected chi connectivity index (χ1v) is 7.24. The maximum absolute atomic E-state index is 4.24. The van der Waals surface area contributed by atoms with Crippen LogP contribution < -0.4 is 10.6 Å². The molecular formula is C16H29IN4. The summed E-state index contributed by atoms with van der Waals surface area (Å²) in [7, 11) is 5.97. The van der Waals surface area contributed by atoms with E-state index in [1.165, 1.54) is 11.1 Å². The molecule has 0 spiro atoms. The Bertz CT molecular complexity index is 415. The molecule has 120 valence electrons. The molecule has 0 saturated carbocycles. The Hall–Kier alpha value is -0.820. The highest BCUT2D eigenvalue weighted by molar-refractivity contribution is 14.0. The third-order valence-electron chi connectivity index (χ3n) is 3.20. The quantitative estimate of drug-likeness (QED) is 0.435. The predicted octanol–water partition coefficient (Wildman–Crippen LogP) is 2.83. The molecule has 0 amide bonds. The van der Waals surface area contributed by atoms with Crippen molar-refractivity contribution >= 4 is 29.9 Å². The molecule has 1 aromatic carbocycles. The molecule has 0 saturated heterocycles. The average molecular weight is 404 g/mol. The van der Waals surface area contributed by atoms with Gasteiger partial charge in [0.15, 0.2) is 5.96 Å². The van der Waals surface area contributed by atoms with E-state index in [0.717, 1.165) is 25.5 Å². The van der Waals surface area contributed by atoms with Gasteiger partial charge in [0.05, 0.1) is 0 Å². The summed E-state index contributed by atoms with van der Waals surface area (Å²) in [5.41, 5.74) is 2.60. The van der Waals surface area contributed by atoms with E-state index in [9.17, 15) is 0 Å². The molecule has 0 aliphatic heterocycles. The van der Waals surface area contributed by atoms with Crippen molar-refractivity contribution in [1.82, 2.24) is 15.5 Å². The molecule has 1 atom stereocenters. The van der Waals surface area contributed by atoms with Crippen LogP contribution in [0.5, 0.6) is 0 Å². The number of nitrogens with one attached hydrogen (secondary N) is 2. The normalized spacial score (nSPS) is 12.8. The van der Waals surface area contributed by atoms with Gasteiger partial charge in [0.2, 0.25) is 0 Å². The average Bonchev–Trinajstić information content (AvgIpc) is 2.44. The highest BCUT2D eigenvalue weighted by Crippen LogP contribution is 2.06. The van der Waals surface area contributed by atoms with E-state index in [0.29, 0.717) is 6.04 Å². The van der Waals surface area contributed by atoms with Crippen LogP contribution in [0.15, 0.2) is 29.3 Å². The third-order valence-corrected chi connectivity index (χ3v) is 3.20. The van der Waals surface area contributed by atoms with Gasteiger partial charge < -0.3 is 15.5 Å². The summed E-state index contributed by atoms with van der Waals surface area (Å²) in [5, 5.41) is 6.70. The van der Waals surface area contributed by atoms with E-state index >= 15 is 0 Å². The number of halogens is 1. The number of aliphatic imine (C=N–C) groups is 1.